The SMILES string of the molecule is COCCCn1c(=O)c2ccccc2n2c(SCC(=O)c3ccc4c(c3)CCC4)nnc12. The summed E-state index contributed by atoms with van der Waals surface area (Å²) in [6.07, 6.45) is 4.00. The number of para-hydroxylation sites is 1. The summed E-state index contributed by atoms with van der Waals surface area (Å²) in [6, 6.07) is 13.5. The van der Waals surface area contributed by atoms with Gasteiger partial charge in [-0.05, 0) is 55.0 Å². The molecule has 0 radical (unpaired) electrons. The molecule has 0 aliphatic heterocycles. The number of benzene rings is 2. The molecule has 2 heterocycles. The maximum atomic E-state index is 13.1. The molecular weight excluding hydrogens is 424 g/mol. The fraction of sp³-hybridized carbons (Fsp3) is 0.333. The molecule has 0 N–H and O–H groups in total. The predicted octanol–water partition coefficient (Wildman–Crippen LogP) is 3.54. The average molecular weight is 449 g/mol. The second-order valence-electron chi connectivity index (χ2n) is 7.99. The maximum Gasteiger partial charge on any atom is 0.262 e. The van der Waals surface area contributed by atoms with Crippen LogP contribution >= 0.6 is 11.8 Å². The number of methoxy groups -OCH3 is 1. The van der Waals surface area contributed by atoms with E-state index in [1.807, 2.05) is 40.8 Å². The van der Waals surface area contributed by atoms with Gasteiger partial charge in [-0.25, -0.2) is 0 Å². The summed E-state index contributed by atoms with van der Waals surface area (Å²) < 4.78 is 8.66. The van der Waals surface area contributed by atoms with Gasteiger partial charge in [-0.1, -0.05) is 36.0 Å². The first-order valence-corrected chi connectivity index (χ1v) is 11.8. The van der Waals surface area contributed by atoms with Gasteiger partial charge >= 0.3 is 0 Å². The second-order valence-corrected chi connectivity index (χ2v) is 8.93. The fourth-order valence-electron chi connectivity index (χ4n) is 4.35. The van der Waals surface area contributed by atoms with Gasteiger partial charge in [0.15, 0.2) is 10.9 Å². The highest BCUT2D eigenvalue weighted by Gasteiger charge is 2.19. The van der Waals surface area contributed by atoms with Crippen molar-refractivity contribution >= 4 is 34.2 Å². The molecule has 0 saturated heterocycles. The van der Waals surface area contributed by atoms with E-state index in [-0.39, 0.29) is 17.1 Å². The molecule has 4 aromatic rings. The number of fused-ring (bicyclic) bond motifs is 4. The van der Waals surface area contributed by atoms with Crippen molar-refractivity contribution in [1.82, 2.24) is 19.2 Å². The zero-order chi connectivity index (χ0) is 22.1. The van der Waals surface area contributed by atoms with Crippen molar-refractivity contribution in [2.24, 2.45) is 0 Å². The molecule has 0 fully saturated rings. The van der Waals surface area contributed by atoms with Crippen LogP contribution in [-0.4, -0.2) is 44.4 Å². The Hall–Kier alpha value is -2.97. The number of aromatic nitrogens is 4. The fourth-order valence-corrected chi connectivity index (χ4v) is 5.19. The van der Waals surface area contributed by atoms with Crippen LogP contribution in [0.1, 0.15) is 34.3 Å². The smallest absolute Gasteiger partial charge is 0.262 e. The Morgan fingerprint density at radius 2 is 1.97 bits per heavy atom. The van der Waals surface area contributed by atoms with E-state index in [4.69, 9.17) is 4.74 Å². The van der Waals surface area contributed by atoms with Crippen molar-refractivity contribution in [3.63, 3.8) is 0 Å². The van der Waals surface area contributed by atoms with Crippen LogP contribution in [0.25, 0.3) is 16.7 Å². The lowest BCUT2D eigenvalue weighted by molar-refractivity contribution is 0.102. The second kappa shape index (κ2) is 8.88. The van der Waals surface area contributed by atoms with E-state index in [9.17, 15) is 9.59 Å². The Morgan fingerprint density at radius 1 is 1.12 bits per heavy atom. The van der Waals surface area contributed by atoms with Gasteiger partial charge in [0, 0.05) is 25.8 Å². The minimum Gasteiger partial charge on any atom is -0.385 e. The van der Waals surface area contributed by atoms with Crippen molar-refractivity contribution < 1.29 is 9.53 Å². The summed E-state index contributed by atoms with van der Waals surface area (Å²) in [7, 11) is 1.64. The highest BCUT2D eigenvalue weighted by Crippen LogP contribution is 2.25. The number of Topliss-reactive ketones (excluding diaryl/α,β-unsaturated/α-hetero) is 1. The third-order valence-electron chi connectivity index (χ3n) is 5.96. The third kappa shape index (κ3) is 3.73. The van der Waals surface area contributed by atoms with Crippen molar-refractivity contribution in [2.45, 2.75) is 37.4 Å². The number of carbonyl (C=O) groups excluding carboxylic acids is 1. The van der Waals surface area contributed by atoms with Crippen LogP contribution in [0.15, 0.2) is 52.4 Å². The minimum absolute atomic E-state index is 0.0687. The van der Waals surface area contributed by atoms with E-state index in [1.54, 1.807) is 11.7 Å². The monoisotopic (exact) mass is 448 g/mol. The summed E-state index contributed by atoms with van der Waals surface area (Å²) in [5.41, 5.74) is 4.04. The molecule has 0 saturated carbocycles. The Kier molecular flexibility index (Phi) is 5.80. The number of carbonyl (C=O) groups is 1. The van der Waals surface area contributed by atoms with Crippen molar-refractivity contribution in [3.8, 4) is 0 Å². The first-order chi connectivity index (χ1) is 15.7. The van der Waals surface area contributed by atoms with Crippen LogP contribution in [0.3, 0.4) is 0 Å². The maximum absolute atomic E-state index is 13.1. The number of ketones is 1. The standard InChI is InChI=1S/C24H24N4O3S/c1-31-13-5-12-27-22(30)19-8-2-3-9-20(19)28-23(27)25-26-24(28)32-15-21(29)18-11-10-16-6-4-7-17(16)14-18/h2-3,8-11,14H,4-7,12-13,15H2,1H3. The molecule has 5 rings (SSSR count). The Labute approximate surface area is 189 Å². The van der Waals surface area contributed by atoms with E-state index < -0.39 is 0 Å². The summed E-state index contributed by atoms with van der Waals surface area (Å²) >= 11 is 1.35. The zero-order valence-electron chi connectivity index (χ0n) is 17.9. The number of hydrogen-bond donors (Lipinski definition) is 0. The molecule has 7 nitrogen and oxygen atoms in total. The summed E-state index contributed by atoms with van der Waals surface area (Å²) in [5.74, 6) is 0.813. The lowest BCUT2D eigenvalue weighted by Crippen LogP contribution is -2.24. The number of hydrogen-bond acceptors (Lipinski definition) is 6. The van der Waals surface area contributed by atoms with Crippen molar-refractivity contribution in [3.05, 3.63) is 69.5 Å². The molecule has 0 spiro atoms. The topological polar surface area (TPSA) is 78.5 Å². The molecule has 0 amide bonds. The zero-order valence-corrected chi connectivity index (χ0v) is 18.7. The molecule has 0 atom stereocenters. The number of nitrogens with zero attached hydrogens (tertiary/aromatic N) is 4. The van der Waals surface area contributed by atoms with Crippen LogP contribution in [0, 0.1) is 0 Å². The highest BCUT2D eigenvalue weighted by atomic mass is 32.2. The summed E-state index contributed by atoms with van der Waals surface area (Å²) in [5, 5.41) is 9.84. The first kappa shape index (κ1) is 20.9. The van der Waals surface area contributed by atoms with E-state index in [0.29, 0.717) is 35.9 Å². The Morgan fingerprint density at radius 3 is 2.84 bits per heavy atom. The molecular formula is C24H24N4O3S. The molecule has 32 heavy (non-hydrogen) atoms. The number of aryl methyl sites for hydroxylation is 3. The van der Waals surface area contributed by atoms with E-state index >= 15 is 0 Å². The molecule has 1 aliphatic carbocycles. The van der Waals surface area contributed by atoms with Crippen molar-refractivity contribution in [1.29, 1.82) is 0 Å². The number of ether oxygens (including phenoxy) is 1. The van der Waals surface area contributed by atoms with Gasteiger partial charge in [0.05, 0.1) is 16.7 Å². The van der Waals surface area contributed by atoms with Crippen LogP contribution < -0.4 is 5.56 Å². The lowest BCUT2D eigenvalue weighted by atomic mass is 10.0. The number of thioether (sulfide) groups is 1. The highest BCUT2D eigenvalue weighted by molar-refractivity contribution is 7.99. The van der Waals surface area contributed by atoms with Crippen LogP contribution in [0.4, 0.5) is 0 Å². The molecule has 0 bridgehead atoms. The summed E-state index contributed by atoms with van der Waals surface area (Å²) in [4.78, 5) is 26.0. The van der Waals surface area contributed by atoms with E-state index in [1.165, 1.54) is 22.9 Å². The van der Waals surface area contributed by atoms with Gasteiger partial charge in [0.2, 0.25) is 5.78 Å². The Bertz CT molecular complexity index is 1380. The lowest BCUT2D eigenvalue weighted by Gasteiger charge is -2.11. The molecule has 164 valence electrons. The molecule has 2 aromatic carbocycles. The van der Waals surface area contributed by atoms with Crippen LogP contribution in [-0.2, 0) is 24.1 Å². The third-order valence-corrected chi connectivity index (χ3v) is 6.89. The molecule has 0 unspecified atom stereocenters. The Balaban J connectivity index is 1.48. The van der Waals surface area contributed by atoms with Crippen LogP contribution in [0.5, 0.6) is 0 Å². The quantitative estimate of drug-likeness (QED) is 0.233. The van der Waals surface area contributed by atoms with Gasteiger partial charge in [-0.3, -0.25) is 18.6 Å². The van der Waals surface area contributed by atoms with Gasteiger partial charge < -0.3 is 4.74 Å². The van der Waals surface area contributed by atoms with Gasteiger partial charge in [-0.2, -0.15) is 0 Å². The van der Waals surface area contributed by atoms with Gasteiger partial charge in [0.1, 0.15) is 0 Å². The minimum atomic E-state index is -0.0950. The first-order valence-electron chi connectivity index (χ1n) is 10.8. The molecule has 1 aliphatic rings. The average Bonchev–Trinajstić information content (AvgIpc) is 3.46. The van der Waals surface area contributed by atoms with Crippen LogP contribution in [0.2, 0.25) is 0 Å². The van der Waals surface area contributed by atoms with Crippen molar-refractivity contribution in [2.75, 3.05) is 19.5 Å². The van der Waals surface area contributed by atoms with Gasteiger partial charge in [0.25, 0.3) is 5.56 Å². The largest absolute Gasteiger partial charge is 0.385 e. The number of rotatable bonds is 8. The predicted molar refractivity (Wildman–Crippen MR) is 125 cm³/mol. The van der Waals surface area contributed by atoms with E-state index in [2.05, 4.69) is 16.3 Å². The van der Waals surface area contributed by atoms with Gasteiger partial charge in [-0.15, -0.1) is 10.2 Å². The normalized spacial score (nSPS) is 13.2. The summed E-state index contributed by atoms with van der Waals surface area (Å²) in [6.45, 7) is 1.04. The molecule has 2 aromatic heterocycles. The van der Waals surface area contributed by atoms with E-state index in [0.717, 1.165) is 30.3 Å². The molecule has 8 heteroatoms.